The maximum absolute atomic E-state index is 12.6. The second-order valence-electron chi connectivity index (χ2n) is 6.40. The van der Waals surface area contributed by atoms with Crippen molar-refractivity contribution < 1.29 is 4.79 Å². The SMILES string of the molecule is O=C(Nc1ncc(-c2ccccc2)nc1Cc1ccccc1)c1ccccc1. The zero-order valence-electron chi connectivity index (χ0n) is 15.2. The first kappa shape index (κ1) is 17.6. The van der Waals surface area contributed by atoms with Gasteiger partial charge in [0.1, 0.15) is 0 Å². The summed E-state index contributed by atoms with van der Waals surface area (Å²) in [5.74, 6) is 0.286. The van der Waals surface area contributed by atoms with Crippen molar-refractivity contribution in [3.63, 3.8) is 0 Å². The minimum Gasteiger partial charge on any atom is -0.305 e. The normalized spacial score (nSPS) is 10.4. The summed E-state index contributed by atoms with van der Waals surface area (Å²) in [4.78, 5) is 21.9. The van der Waals surface area contributed by atoms with Crippen LogP contribution in [0, 0.1) is 0 Å². The molecule has 0 unspecified atom stereocenters. The molecule has 28 heavy (non-hydrogen) atoms. The van der Waals surface area contributed by atoms with Gasteiger partial charge in [0.15, 0.2) is 5.82 Å². The van der Waals surface area contributed by atoms with E-state index in [0.29, 0.717) is 17.8 Å². The molecule has 4 aromatic rings. The van der Waals surface area contributed by atoms with E-state index >= 15 is 0 Å². The maximum Gasteiger partial charge on any atom is 0.256 e. The van der Waals surface area contributed by atoms with E-state index in [4.69, 9.17) is 4.98 Å². The average Bonchev–Trinajstić information content (AvgIpc) is 2.77. The van der Waals surface area contributed by atoms with Crippen molar-refractivity contribution in [1.29, 1.82) is 0 Å². The first-order chi connectivity index (χ1) is 13.8. The molecule has 4 nitrogen and oxygen atoms in total. The molecule has 0 aliphatic rings. The average molecular weight is 365 g/mol. The molecular formula is C24H19N3O. The number of hydrogen-bond acceptors (Lipinski definition) is 3. The number of carbonyl (C=O) groups excluding carboxylic acids is 1. The molecule has 0 saturated heterocycles. The van der Waals surface area contributed by atoms with Gasteiger partial charge in [-0.1, -0.05) is 78.9 Å². The predicted octanol–water partition coefficient (Wildman–Crippen LogP) is 4.99. The monoisotopic (exact) mass is 365 g/mol. The number of amides is 1. The molecule has 0 atom stereocenters. The highest BCUT2D eigenvalue weighted by Crippen LogP contribution is 2.22. The molecule has 0 spiro atoms. The smallest absolute Gasteiger partial charge is 0.256 e. The lowest BCUT2D eigenvalue weighted by atomic mass is 10.1. The number of carbonyl (C=O) groups is 1. The van der Waals surface area contributed by atoms with E-state index in [2.05, 4.69) is 10.3 Å². The van der Waals surface area contributed by atoms with E-state index < -0.39 is 0 Å². The van der Waals surface area contributed by atoms with Crippen molar-refractivity contribution in [2.75, 3.05) is 5.32 Å². The number of anilines is 1. The van der Waals surface area contributed by atoms with Gasteiger partial charge in [-0.2, -0.15) is 0 Å². The summed E-state index contributed by atoms with van der Waals surface area (Å²) in [6.45, 7) is 0. The lowest BCUT2D eigenvalue weighted by molar-refractivity contribution is 0.102. The van der Waals surface area contributed by atoms with Gasteiger partial charge in [-0.05, 0) is 17.7 Å². The lowest BCUT2D eigenvalue weighted by Gasteiger charge is -2.12. The van der Waals surface area contributed by atoms with Crippen LogP contribution in [0.1, 0.15) is 21.6 Å². The van der Waals surface area contributed by atoms with Crippen LogP contribution in [0.15, 0.2) is 97.2 Å². The maximum atomic E-state index is 12.6. The van der Waals surface area contributed by atoms with E-state index in [9.17, 15) is 4.79 Å². The Hall–Kier alpha value is -3.79. The molecule has 0 aliphatic carbocycles. The zero-order valence-corrected chi connectivity index (χ0v) is 15.2. The third kappa shape index (κ3) is 4.13. The Morgan fingerprint density at radius 2 is 1.39 bits per heavy atom. The molecule has 1 N–H and O–H groups in total. The molecule has 4 heteroatoms. The molecule has 1 aromatic heterocycles. The molecule has 1 amide bonds. The van der Waals surface area contributed by atoms with E-state index in [1.807, 2.05) is 78.9 Å². The van der Waals surface area contributed by atoms with Gasteiger partial charge in [-0.15, -0.1) is 0 Å². The minimum absolute atomic E-state index is 0.198. The molecule has 0 bridgehead atoms. The van der Waals surface area contributed by atoms with E-state index in [0.717, 1.165) is 22.5 Å². The fourth-order valence-corrected chi connectivity index (χ4v) is 2.96. The third-order valence-electron chi connectivity index (χ3n) is 4.40. The predicted molar refractivity (Wildman–Crippen MR) is 111 cm³/mol. The van der Waals surface area contributed by atoms with Gasteiger partial charge in [-0.3, -0.25) is 4.79 Å². The van der Waals surface area contributed by atoms with Crippen LogP contribution in [0.2, 0.25) is 0 Å². The molecular weight excluding hydrogens is 346 g/mol. The quantitative estimate of drug-likeness (QED) is 0.542. The van der Waals surface area contributed by atoms with Gasteiger partial charge in [0.2, 0.25) is 0 Å². The number of aromatic nitrogens is 2. The Kier molecular flexibility index (Phi) is 5.20. The third-order valence-corrected chi connectivity index (χ3v) is 4.40. The van der Waals surface area contributed by atoms with Crippen LogP contribution < -0.4 is 5.32 Å². The van der Waals surface area contributed by atoms with Gasteiger partial charge in [0.05, 0.1) is 17.6 Å². The first-order valence-corrected chi connectivity index (χ1v) is 9.11. The summed E-state index contributed by atoms with van der Waals surface area (Å²) in [6, 6.07) is 29.1. The van der Waals surface area contributed by atoms with Crippen molar-refractivity contribution in [2.45, 2.75) is 6.42 Å². The van der Waals surface area contributed by atoms with Gasteiger partial charge in [0, 0.05) is 17.5 Å². The second kappa shape index (κ2) is 8.27. The van der Waals surface area contributed by atoms with Crippen molar-refractivity contribution in [2.24, 2.45) is 0 Å². The molecule has 0 fully saturated rings. The number of nitrogens with zero attached hydrogens (tertiary/aromatic N) is 2. The highest BCUT2D eigenvalue weighted by Gasteiger charge is 2.14. The Morgan fingerprint density at radius 3 is 2.07 bits per heavy atom. The van der Waals surface area contributed by atoms with Crippen molar-refractivity contribution in [3.8, 4) is 11.3 Å². The summed E-state index contributed by atoms with van der Waals surface area (Å²) in [5, 5.41) is 2.91. The highest BCUT2D eigenvalue weighted by atomic mass is 16.1. The molecule has 136 valence electrons. The largest absolute Gasteiger partial charge is 0.305 e. The zero-order chi connectivity index (χ0) is 19.2. The lowest BCUT2D eigenvalue weighted by Crippen LogP contribution is -2.15. The van der Waals surface area contributed by atoms with Crippen molar-refractivity contribution in [1.82, 2.24) is 9.97 Å². The Labute approximate surface area is 163 Å². The van der Waals surface area contributed by atoms with Crippen LogP contribution in [0.3, 0.4) is 0 Å². The molecule has 1 heterocycles. The van der Waals surface area contributed by atoms with Crippen molar-refractivity contribution >= 4 is 11.7 Å². The Morgan fingerprint density at radius 1 is 0.786 bits per heavy atom. The summed E-state index contributed by atoms with van der Waals surface area (Å²) in [7, 11) is 0. The fraction of sp³-hybridized carbons (Fsp3) is 0.0417. The molecule has 0 saturated carbocycles. The van der Waals surface area contributed by atoms with Crippen LogP contribution in [0.5, 0.6) is 0 Å². The summed E-state index contributed by atoms with van der Waals surface area (Å²) >= 11 is 0. The van der Waals surface area contributed by atoms with E-state index in [-0.39, 0.29) is 5.91 Å². The highest BCUT2D eigenvalue weighted by molar-refractivity contribution is 6.04. The summed E-state index contributed by atoms with van der Waals surface area (Å²) in [6.07, 6.45) is 2.28. The Balaban J connectivity index is 1.69. The van der Waals surface area contributed by atoms with Crippen LogP contribution in [0.4, 0.5) is 5.82 Å². The van der Waals surface area contributed by atoms with Gasteiger partial charge in [0.25, 0.3) is 5.91 Å². The summed E-state index contributed by atoms with van der Waals surface area (Å²) < 4.78 is 0. The van der Waals surface area contributed by atoms with E-state index in [1.165, 1.54) is 0 Å². The standard InChI is InChI=1S/C24H19N3O/c28-24(20-14-8-3-9-15-20)27-23-21(16-18-10-4-1-5-11-18)26-22(17-25-23)19-12-6-2-7-13-19/h1-15,17H,16H2,(H,25,27,28). The Bertz CT molecular complexity index is 1060. The minimum atomic E-state index is -0.198. The van der Waals surface area contributed by atoms with Crippen LogP contribution in [-0.2, 0) is 6.42 Å². The van der Waals surface area contributed by atoms with Crippen LogP contribution in [-0.4, -0.2) is 15.9 Å². The number of benzene rings is 3. The fourth-order valence-electron chi connectivity index (χ4n) is 2.96. The van der Waals surface area contributed by atoms with Crippen molar-refractivity contribution in [3.05, 3.63) is 114 Å². The molecule has 0 aliphatic heterocycles. The number of nitrogens with one attached hydrogen (secondary N) is 1. The van der Waals surface area contributed by atoms with E-state index in [1.54, 1.807) is 18.3 Å². The first-order valence-electron chi connectivity index (χ1n) is 9.11. The van der Waals surface area contributed by atoms with Gasteiger partial charge < -0.3 is 5.32 Å². The molecule has 3 aromatic carbocycles. The number of rotatable bonds is 5. The van der Waals surface area contributed by atoms with Crippen LogP contribution in [0.25, 0.3) is 11.3 Å². The van der Waals surface area contributed by atoms with Gasteiger partial charge >= 0.3 is 0 Å². The van der Waals surface area contributed by atoms with Gasteiger partial charge in [-0.25, -0.2) is 9.97 Å². The topological polar surface area (TPSA) is 54.9 Å². The van der Waals surface area contributed by atoms with Crippen LogP contribution >= 0.6 is 0 Å². The number of hydrogen-bond donors (Lipinski definition) is 1. The molecule has 0 radical (unpaired) electrons. The summed E-state index contributed by atoms with van der Waals surface area (Å²) in [5.41, 5.74) is 4.20. The second-order valence-corrected chi connectivity index (χ2v) is 6.40. The molecule has 4 rings (SSSR count).